The van der Waals surface area contributed by atoms with E-state index in [1.165, 1.54) is 11.8 Å². The highest BCUT2D eigenvalue weighted by Crippen LogP contribution is 2.74. The van der Waals surface area contributed by atoms with Gasteiger partial charge in [-0.3, -0.25) is 4.79 Å². The van der Waals surface area contributed by atoms with Crippen molar-refractivity contribution in [1.82, 2.24) is 10.0 Å². The molecule has 0 radical (unpaired) electrons. The van der Waals surface area contributed by atoms with Crippen molar-refractivity contribution in [3.63, 3.8) is 0 Å². The van der Waals surface area contributed by atoms with Crippen LogP contribution < -0.4 is 15.8 Å². The van der Waals surface area contributed by atoms with Crippen molar-refractivity contribution in [1.29, 1.82) is 0 Å². The third kappa shape index (κ3) is 4.16. The molecule has 7 nitrogen and oxygen atoms in total. The number of hydrogen-bond donors (Lipinski definition) is 3. The summed E-state index contributed by atoms with van der Waals surface area (Å²) in [5.74, 6) is 0.673. The Morgan fingerprint density at radius 1 is 0.949 bits per heavy atom. The smallest absolute Gasteiger partial charge is 0.312 e. The average molecular weight is 562 g/mol. The normalized spacial score (nSPS) is 49.0. The summed E-state index contributed by atoms with van der Waals surface area (Å²) < 4.78 is 27.3. The van der Waals surface area contributed by atoms with Gasteiger partial charge in [-0.1, -0.05) is 47.1 Å². The molecule has 0 unspecified atom stereocenters. The van der Waals surface area contributed by atoms with Crippen LogP contribution in [0.3, 0.4) is 0 Å². The zero-order valence-corrected chi connectivity index (χ0v) is 26.2. The molecule has 5 aliphatic rings. The first kappa shape index (κ1) is 29.1. The van der Waals surface area contributed by atoms with E-state index in [-0.39, 0.29) is 62.2 Å². The summed E-state index contributed by atoms with van der Waals surface area (Å²) in [6, 6.07) is -0.599. The molecule has 4 N–H and O–H groups in total. The van der Waals surface area contributed by atoms with Crippen molar-refractivity contribution in [3.05, 3.63) is 11.6 Å². The van der Waals surface area contributed by atoms with Crippen LogP contribution in [0.5, 0.6) is 0 Å². The molecular weight excluding hydrogens is 510 g/mol. The fourth-order valence-corrected chi connectivity index (χ4v) is 12.0. The molecule has 9 atom stereocenters. The number of sulfonamides is 1. The van der Waals surface area contributed by atoms with Crippen molar-refractivity contribution in [2.24, 2.45) is 50.6 Å². The van der Waals surface area contributed by atoms with Crippen molar-refractivity contribution in [2.45, 2.75) is 118 Å². The molecule has 0 bridgehead atoms. The second-order valence-electron chi connectivity index (χ2n) is 16.0. The van der Waals surface area contributed by atoms with E-state index in [0.717, 1.165) is 57.8 Å². The predicted octanol–water partition coefficient (Wildman–Crippen LogP) is 5.31. The first-order chi connectivity index (χ1) is 17.7. The Hall–Kier alpha value is -1.41. The number of urea groups is 1. The lowest BCUT2D eigenvalue weighted by atomic mass is 9.33. The van der Waals surface area contributed by atoms with Crippen LogP contribution in [0.1, 0.15) is 106 Å². The van der Waals surface area contributed by atoms with Gasteiger partial charge in [0.05, 0.1) is 6.26 Å². The highest BCUT2D eigenvalue weighted by molar-refractivity contribution is 7.88. The van der Waals surface area contributed by atoms with Gasteiger partial charge in [0.25, 0.3) is 0 Å². The predicted molar refractivity (Wildman–Crippen MR) is 154 cm³/mol. The van der Waals surface area contributed by atoms with E-state index in [1.54, 1.807) is 0 Å². The van der Waals surface area contributed by atoms with E-state index in [1.807, 2.05) is 6.08 Å². The second-order valence-corrected chi connectivity index (χ2v) is 17.8. The van der Waals surface area contributed by atoms with Gasteiger partial charge in [0, 0.05) is 17.5 Å². The zero-order chi connectivity index (χ0) is 29.0. The standard InChI is InChI=1S/C31H51N3O4S/c1-26(2)22-9-12-31(7)24(29(22,5)11-10-23(26)34-39(8,37)38)21(35)17-19-20-18-28(4,33-25(32)36)15-13-27(20,3)14-16-30(19,31)6/h17,20,22-24,34H,9-16,18H2,1-8H3,(H3,32,33,36)/t20-,22-,23-,24+,27+,28-,29-,30+,31+/m0/s1. The summed E-state index contributed by atoms with van der Waals surface area (Å²) in [5, 5.41) is 3.04. The summed E-state index contributed by atoms with van der Waals surface area (Å²) in [5.41, 5.74) is 5.94. The van der Waals surface area contributed by atoms with E-state index >= 15 is 0 Å². The first-order valence-electron chi connectivity index (χ1n) is 15.0. The fourth-order valence-electron chi connectivity index (χ4n) is 11.1. The molecule has 0 aromatic rings. The highest BCUT2D eigenvalue weighted by Gasteiger charge is 2.70. The molecule has 4 fully saturated rings. The molecule has 8 heteroatoms. The highest BCUT2D eigenvalue weighted by atomic mass is 32.2. The molecule has 0 aromatic carbocycles. The Balaban J connectivity index is 1.56. The van der Waals surface area contributed by atoms with Crippen LogP contribution in [-0.4, -0.2) is 38.1 Å². The van der Waals surface area contributed by atoms with E-state index in [2.05, 4.69) is 58.5 Å². The van der Waals surface area contributed by atoms with Gasteiger partial charge < -0.3 is 11.1 Å². The molecule has 4 saturated carbocycles. The number of hydrogen-bond acceptors (Lipinski definition) is 4. The van der Waals surface area contributed by atoms with Crippen LogP contribution in [0.25, 0.3) is 0 Å². The zero-order valence-electron chi connectivity index (χ0n) is 25.4. The Kier molecular flexibility index (Phi) is 6.38. The van der Waals surface area contributed by atoms with Gasteiger partial charge in [0.2, 0.25) is 10.0 Å². The average Bonchev–Trinajstić information content (AvgIpc) is 2.77. The number of carbonyl (C=O) groups excluding carboxylic acids is 2. The van der Waals surface area contributed by atoms with Gasteiger partial charge >= 0.3 is 6.03 Å². The number of allylic oxidation sites excluding steroid dienone is 2. The van der Waals surface area contributed by atoms with Crippen LogP contribution in [0, 0.1) is 44.8 Å². The van der Waals surface area contributed by atoms with Gasteiger partial charge in [-0.25, -0.2) is 17.9 Å². The lowest BCUT2D eigenvalue weighted by Crippen LogP contribution is -2.68. The van der Waals surface area contributed by atoms with Gasteiger partial charge in [-0.2, -0.15) is 0 Å². The lowest BCUT2D eigenvalue weighted by Gasteiger charge is -2.70. The van der Waals surface area contributed by atoms with Crippen molar-refractivity contribution >= 4 is 21.8 Å². The largest absolute Gasteiger partial charge is 0.352 e. The minimum Gasteiger partial charge on any atom is -0.352 e. The number of nitrogens with one attached hydrogen (secondary N) is 2. The third-order valence-corrected chi connectivity index (χ3v) is 14.1. The summed E-state index contributed by atoms with van der Waals surface area (Å²) >= 11 is 0. The maximum absolute atomic E-state index is 14.5. The van der Waals surface area contributed by atoms with Crippen LogP contribution in [0.2, 0.25) is 0 Å². The van der Waals surface area contributed by atoms with Crippen molar-refractivity contribution in [2.75, 3.05) is 6.26 Å². The van der Waals surface area contributed by atoms with Gasteiger partial charge in [-0.05, 0) is 110 Å². The summed E-state index contributed by atoms with van der Waals surface area (Å²) in [6.07, 6.45) is 11.8. The maximum atomic E-state index is 14.5. The minimum absolute atomic E-state index is 0.0842. The quantitative estimate of drug-likeness (QED) is 0.433. The summed E-state index contributed by atoms with van der Waals surface area (Å²) in [6.45, 7) is 16.1. The summed E-state index contributed by atoms with van der Waals surface area (Å²) in [4.78, 5) is 26.3. The van der Waals surface area contributed by atoms with E-state index in [0.29, 0.717) is 0 Å². The number of ketones is 1. The molecule has 0 saturated heterocycles. The number of carbonyl (C=O) groups is 2. The van der Waals surface area contributed by atoms with Crippen molar-refractivity contribution in [3.8, 4) is 0 Å². The Labute approximate surface area is 235 Å². The van der Waals surface area contributed by atoms with Crippen LogP contribution in [0.4, 0.5) is 4.79 Å². The molecule has 2 amide bonds. The molecule has 5 rings (SSSR count). The van der Waals surface area contributed by atoms with E-state index in [9.17, 15) is 18.0 Å². The summed E-state index contributed by atoms with van der Waals surface area (Å²) in [7, 11) is -3.32. The van der Waals surface area contributed by atoms with Gasteiger partial charge in [-0.15, -0.1) is 0 Å². The van der Waals surface area contributed by atoms with Crippen LogP contribution in [0.15, 0.2) is 11.6 Å². The Bertz CT molecular complexity index is 1230. The number of primary amides is 1. The minimum atomic E-state index is -3.32. The molecule has 0 spiro atoms. The second kappa shape index (κ2) is 8.56. The number of fused-ring (bicyclic) bond motifs is 7. The SMILES string of the molecule is CC1(C)[C@@H](NS(C)(=O)=O)CC[C@]2(C)[C@H]3C(=O)C=C4[C@@H]5C[C@@](C)(NC(N)=O)CC[C@]5(C)CC[C@@]4(C)[C@]3(C)CC[C@@H]12. The maximum Gasteiger partial charge on any atom is 0.312 e. The molecule has 39 heavy (non-hydrogen) atoms. The molecule has 220 valence electrons. The Morgan fingerprint density at radius 2 is 1.59 bits per heavy atom. The van der Waals surface area contributed by atoms with Gasteiger partial charge in [0.1, 0.15) is 0 Å². The Morgan fingerprint density at radius 3 is 2.21 bits per heavy atom. The number of amides is 2. The molecule has 0 aromatic heterocycles. The molecule has 5 aliphatic carbocycles. The lowest BCUT2D eigenvalue weighted by molar-refractivity contribution is -0.187. The molecule has 0 aliphatic heterocycles. The molecular formula is C31H51N3O4S. The first-order valence-corrected chi connectivity index (χ1v) is 16.9. The molecule has 0 heterocycles. The number of rotatable bonds is 3. The van der Waals surface area contributed by atoms with Gasteiger partial charge in [0.15, 0.2) is 5.78 Å². The van der Waals surface area contributed by atoms with Crippen molar-refractivity contribution < 1.29 is 18.0 Å². The van der Waals surface area contributed by atoms with E-state index in [4.69, 9.17) is 5.73 Å². The van der Waals surface area contributed by atoms with Crippen LogP contribution >= 0.6 is 0 Å². The van der Waals surface area contributed by atoms with E-state index < -0.39 is 16.1 Å². The fraction of sp³-hybridized carbons (Fsp3) is 0.871. The topological polar surface area (TPSA) is 118 Å². The number of nitrogens with two attached hydrogens (primary N) is 1. The monoisotopic (exact) mass is 561 g/mol. The third-order valence-electron chi connectivity index (χ3n) is 13.4. The van der Waals surface area contributed by atoms with Crippen LogP contribution in [-0.2, 0) is 14.8 Å².